The Morgan fingerprint density at radius 3 is 1.25 bits per heavy atom. The van der Waals surface area contributed by atoms with Gasteiger partial charge >= 0.3 is 11.9 Å². The fourth-order valence-electron chi connectivity index (χ4n) is 2.25. The van der Waals surface area contributed by atoms with Crippen LogP contribution in [-0.2, 0) is 19.1 Å². The van der Waals surface area contributed by atoms with E-state index in [-0.39, 0.29) is 11.9 Å². The Kier molecular flexibility index (Phi) is 3.61. The molecule has 1 aliphatic carbocycles. The van der Waals surface area contributed by atoms with E-state index in [1.54, 1.807) is 0 Å². The molecule has 0 heterocycles. The van der Waals surface area contributed by atoms with Gasteiger partial charge in [0.15, 0.2) is 0 Å². The molecule has 0 aromatic carbocycles. The molecular weight excluding hydrogens is 208 g/mol. The summed E-state index contributed by atoms with van der Waals surface area (Å²) in [5.41, 5.74) is -0.884. The van der Waals surface area contributed by atoms with E-state index >= 15 is 0 Å². The molecular formula is C12H20O4. The summed E-state index contributed by atoms with van der Waals surface area (Å²) in [5.74, 6) is -0.362. The summed E-state index contributed by atoms with van der Waals surface area (Å²) in [4.78, 5) is 23.2. The van der Waals surface area contributed by atoms with Crippen LogP contribution in [0.1, 0.15) is 39.5 Å². The van der Waals surface area contributed by atoms with Gasteiger partial charge in [-0.3, -0.25) is 9.59 Å². The second kappa shape index (κ2) is 4.44. The number of methoxy groups -OCH3 is 2. The van der Waals surface area contributed by atoms with Crippen LogP contribution in [-0.4, -0.2) is 26.2 Å². The third-order valence-corrected chi connectivity index (χ3v) is 3.81. The monoisotopic (exact) mass is 228 g/mol. The first-order valence-electron chi connectivity index (χ1n) is 5.55. The zero-order valence-electron chi connectivity index (χ0n) is 10.5. The summed E-state index contributed by atoms with van der Waals surface area (Å²) >= 11 is 0. The van der Waals surface area contributed by atoms with Gasteiger partial charge in [0, 0.05) is 0 Å². The quantitative estimate of drug-likeness (QED) is 0.677. The van der Waals surface area contributed by atoms with Gasteiger partial charge in [0.1, 0.15) is 0 Å². The molecule has 0 atom stereocenters. The molecule has 92 valence electrons. The molecule has 0 N–H and O–H groups in total. The van der Waals surface area contributed by atoms with Gasteiger partial charge in [-0.1, -0.05) is 0 Å². The minimum Gasteiger partial charge on any atom is -0.469 e. The van der Waals surface area contributed by atoms with Crippen molar-refractivity contribution in [3.05, 3.63) is 0 Å². The average Bonchev–Trinajstić information content (AvgIpc) is 2.31. The number of carbonyl (C=O) groups is 2. The van der Waals surface area contributed by atoms with Gasteiger partial charge in [-0.05, 0) is 39.5 Å². The van der Waals surface area contributed by atoms with Crippen molar-refractivity contribution in [1.29, 1.82) is 0 Å². The lowest BCUT2D eigenvalue weighted by Crippen LogP contribution is -2.41. The first-order valence-corrected chi connectivity index (χ1v) is 5.55. The van der Waals surface area contributed by atoms with Crippen molar-refractivity contribution in [2.24, 2.45) is 10.8 Å². The molecule has 4 nitrogen and oxygen atoms in total. The zero-order valence-corrected chi connectivity index (χ0v) is 10.5. The summed E-state index contributed by atoms with van der Waals surface area (Å²) in [5, 5.41) is 0. The van der Waals surface area contributed by atoms with Gasteiger partial charge in [0.05, 0.1) is 25.0 Å². The summed E-state index contributed by atoms with van der Waals surface area (Å²) < 4.78 is 9.59. The Bertz CT molecular complexity index is 257. The molecule has 0 aromatic heterocycles. The Balaban J connectivity index is 2.70. The second-order valence-corrected chi connectivity index (χ2v) is 5.10. The highest BCUT2D eigenvalue weighted by Crippen LogP contribution is 2.46. The molecule has 0 radical (unpaired) electrons. The number of ether oxygens (including phenoxy) is 2. The van der Waals surface area contributed by atoms with Crippen molar-refractivity contribution in [3.63, 3.8) is 0 Å². The molecule has 1 fully saturated rings. The Hall–Kier alpha value is -1.06. The average molecular weight is 228 g/mol. The van der Waals surface area contributed by atoms with Crippen molar-refractivity contribution in [1.82, 2.24) is 0 Å². The van der Waals surface area contributed by atoms with E-state index in [1.165, 1.54) is 14.2 Å². The summed E-state index contributed by atoms with van der Waals surface area (Å²) in [6.07, 6.45) is 2.69. The summed E-state index contributed by atoms with van der Waals surface area (Å²) in [7, 11) is 2.81. The highest BCUT2D eigenvalue weighted by atomic mass is 16.5. The summed E-state index contributed by atoms with van der Waals surface area (Å²) in [6.45, 7) is 3.80. The van der Waals surface area contributed by atoms with Crippen LogP contribution in [0.3, 0.4) is 0 Å². The van der Waals surface area contributed by atoms with Crippen molar-refractivity contribution in [2.75, 3.05) is 14.2 Å². The maximum absolute atomic E-state index is 11.6. The smallest absolute Gasteiger partial charge is 0.311 e. The molecule has 0 spiro atoms. The lowest BCUT2D eigenvalue weighted by molar-refractivity contribution is -0.162. The van der Waals surface area contributed by atoms with Gasteiger partial charge in [-0.2, -0.15) is 0 Å². The molecule has 1 rings (SSSR count). The van der Waals surface area contributed by atoms with Gasteiger partial charge in [-0.25, -0.2) is 0 Å². The molecule has 0 aliphatic heterocycles. The molecule has 0 saturated heterocycles. The first kappa shape index (κ1) is 13.0. The first-order chi connectivity index (χ1) is 7.38. The largest absolute Gasteiger partial charge is 0.469 e. The fraction of sp³-hybridized carbons (Fsp3) is 0.833. The highest BCUT2D eigenvalue weighted by Gasteiger charge is 2.46. The number of rotatable bonds is 2. The molecule has 0 amide bonds. The molecule has 1 saturated carbocycles. The third-order valence-electron chi connectivity index (χ3n) is 3.81. The van der Waals surface area contributed by atoms with Crippen LogP contribution in [0.2, 0.25) is 0 Å². The topological polar surface area (TPSA) is 52.6 Å². The molecule has 4 heteroatoms. The van der Waals surface area contributed by atoms with Crippen LogP contribution < -0.4 is 0 Å². The van der Waals surface area contributed by atoms with Crippen molar-refractivity contribution >= 4 is 11.9 Å². The maximum Gasteiger partial charge on any atom is 0.311 e. The normalized spacial score (nSPS) is 34.2. The third kappa shape index (κ3) is 2.20. The minimum atomic E-state index is -0.442. The Morgan fingerprint density at radius 2 is 1.06 bits per heavy atom. The molecule has 1 aliphatic rings. The lowest BCUT2D eigenvalue weighted by Gasteiger charge is -2.39. The van der Waals surface area contributed by atoms with Crippen molar-refractivity contribution in [2.45, 2.75) is 39.5 Å². The van der Waals surface area contributed by atoms with E-state index in [0.717, 1.165) is 0 Å². The molecule has 0 unspecified atom stereocenters. The van der Waals surface area contributed by atoms with E-state index in [1.807, 2.05) is 13.8 Å². The Morgan fingerprint density at radius 1 is 0.812 bits per heavy atom. The van der Waals surface area contributed by atoms with Crippen LogP contribution >= 0.6 is 0 Å². The number of hydrogen-bond acceptors (Lipinski definition) is 4. The fourth-order valence-corrected chi connectivity index (χ4v) is 2.25. The SMILES string of the molecule is COC(=O)[C@]1(C)CC[C@](C)(C(=O)OC)CC1. The van der Waals surface area contributed by atoms with Crippen molar-refractivity contribution in [3.8, 4) is 0 Å². The van der Waals surface area contributed by atoms with Gasteiger partial charge in [0.25, 0.3) is 0 Å². The van der Waals surface area contributed by atoms with Crippen LogP contribution in [0.25, 0.3) is 0 Å². The number of carbonyl (C=O) groups excluding carboxylic acids is 2. The molecule has 16 heavy (non-hydrogen) atoms. The highest BCUT2D eigenvalue weighted by molar-refractivity contribution is 5.79. The lowest BCUT2D eigenvalue weighted by atomic mass is 9.65. The maximum atomic E-state index is 11.6. The van der Waals surface area contributed by atoms with Crippen molar-refractivity contribution < 1.29 is 19.1 Å². The van der Waals surface area contributed by atoms with E-state index in [0.29, 0.717) is 25.7 Å². The van der Waals surface area contributed by atoms with Crippen LogP contribution in [0, 0.1) is 10.8 Å². The van der Waals surface area contributed by atoms with E-state index in [4.69, 9.17) is 9.47 Å². The van der Waals surface area contributed by atoms with Gasteiger partial charge in [-0.15, -0.1) is 0 Å². The predicted molar refractivity (Wildman–Crippen MR) is 58.7 cm³/mol. The molecule has 0 aromatic rings. The number of esters is 2. The zero-order chi connectivity index (χ0) is 12.4. The van der Waals surface area contributed by atoms with Crippen LogP contribution in [0.5, 0.6) is 0 Å². The van der Waals surface area contributed by atoms with Gasteiger partial charge in [0.2, 0.25) is 0 Å². The molecule has 0 bridgehead atoms. The minimum absolute atomic E-state index is 0.181. The second-order valence-electron chi connectivity index (χ2n) is 5.10. The standard InChI is InChI=1S/C12H20O4/c1-11(9(13)15-3)5-7-12(2,8-6-11)10(14)16-4/h5-8H2,1-4H3/t11-,12+. The van der Waals surface area contributed by atoms with E-state index in [9.17, 15) is 9.59 Å². The van der Waals surface area contributed by atoms with Crippen LogP contribution in [0.15, 0.2) is 0 Å². The summed E-state index contributed by atoms with van der Waals surface area (Å²) in [6, 6.07) is 0. The van der Waals surface area contributed by atoms with Gasteiger partial charge < -0.3 is 9.47 Å². The van der Waals surface area contributed by atoms with Crippen LogP contribution in [0.4, 0.5) is 0 Å². The Labute approximate surface area is 96.3 Å². The predicted octanol–water partition coefficient (Wildman–Crippen LogP) is 1.92. The number of hydrogen-bond donors (Lipinski definition) is 0. The van der Waals surface area contributed by atoms with E-state index < -0.39 is 10.8 Å². The van der Waals surface area contributed by atoms with E-state index in [2.05, 4.69) is 0 Å².